The van der Waals surface area contributed by atoms with Crippen LogP contribution in [0.3, 0.4) is 0 Å². The quantitative estimate of drug-likeness (QED) is 0.864. The maximum atomic E-state index is 12.0. The number of carbonyl (C=O) groups excluding carboxylic acids is 1. The first-order valence-corrected chi connectivity index (χ1v) is 7.82. The molecule has 1 aliphatic rings. The highest BCUT2D eigenvalue weighted by Crippen LogP contribution is 2.30. The summed E-state index contributed by atoms with van der Waals surface area (Å²) in [6.45, 7) is 7.01. The van der Waals surface area contributed by atoms with Crippen molar-refractivity contribution in [2.24, 2.45) is 0 Å². The number of hydrogen-bond acceptors (Lipinski definition) is 2. The molecule has 110 valence electrons. The molecule has 0 saturated heterocycles. The van der Waals surface area contributed by atoms with E-state index in [1.807, 2.05) is 18.7 Å². The van der Waals surface area contributed by atoms with Gasteiger partial charge in [0.2, 0.25) is 5.91 Å². The number of hydrogen-bond donors (Lipinski definition) is 1. The summed E-state index contributed by atoms with van der Waals surface area (Å²) in [6.07, 6.45) is 3.68. The van der Waals surface area contributed by atoms with Gasteiger partial charge in [-0.05, 0) is 50.2 Å². The van der Waals surface area contributed by atoms with Crippen LogP contribution >= 0.6 is 0 Å². The second kappa shape index (κ2) is 7.44. The second-order valence-corrected chi connectivity index (χ2v) is 5.48. The van der Waals surface area contributed by atoms with E-state index in [0.29, 0.717) is 12.5 Å². The molecule has 1 aliphatic carbocycles. The van der Waals surface area contributed by atoms with Gasteiger partial charge in [-0.15, -0.1) is 0 Å². The Labute approximate surface area is 122 Å². The fourth-order valence-electron chi connectivity index (χ4n) is 3.11. The van der Waals surface area contributed by atoms with Gasteiger partial charge < -0.3 is 10.2 Å². The molecular weight excluding hydrogens is 248 g/mol. The molecule has 2 rings (SSSR count). The van der Waals surface area contributed by atoms with Gasteiger partial charge in [-0.2, -0.15) is 0 Å². The van der Waals surface area contributed by atoms with Crippen molar-refractivity contribution in [1.82, 2.24) is 10.2 Å². The lowest BCUT2D eigenvalue weighted by molar-refractivity contribution is -0.129. The third-order valence-electron chi connectivity index (χ3n) is 4.28. The van der Waals surface area contributed by atoms with Crippen LogP contribution in [0.2, 0.25) is 0 Å². The van der Waals surface area contributed by atoms with E-state index < -0.39 is 0 Å². The highest BCUT2D eigenvalue weighted by atomic mass is 16.2. The van der Waals surface area contributed by atoms with E-state index in [4.69, 9.17) is 0 Å². The van der Waals surface area contributed by atoms with Gasteiger partial charge in [-0.1, -0.05) is 24.3 Å². The Bertz CT molecular complexity index is 440. The van der Waals surface area contributed by atoms with Gasteiger partial charge in [0.1, 0.15) is 0 Å². The molecule has 1 aromatic rings. The van der Waals surface area contributed by atoms with Gasteiger partial charge in [-0.3, -0.25) is 4.79 Å². The summed E-state index contributed by atoms with van der Waals surface area (Å²) in [5.74, 6) is 0.767. The second-order valence-electron chi connectivity index (χ2n) is 5.48. The fraction of sp³-hybridized carbons (Fsp3) is 0.588. The monoisotopic (exact) mass is 274 g/mol. The van der Waals surface area contributed by atoms with Crippen LogP contribution in [-0.4, -0.2) is 37.0 Å². The first-order chi connectivity index (χ1) is 9.76. The number of nitrogens with zero attached hydrogens (tertiary/aromatic N) is 1. The lowest BCUT2D eigenvalue weighted by Gasteiger charge is -2.26. The van der Waals surface area contributed by atoms with Crippen molar-refractivity contribution in [2.45, 2.75) is 39.0 Å². The maximum Gasteiger partial charge on any atom is 0.236 e. The van der Waals surface area contributed by atoms with Crippen LogP contribution < -0.4 is 5.32 Å². The number of carbonyl (C=O) groups is 1. The third kappa shape index (κ3) is 3.60. The van der Waals surface area contributed by atoms with Gasteiger partial charge in [0, 0.05) is 19.6 Å². The van der Waals surface area contributed by atoms with Gasteiger partial charge in [0.25, 0.3) is 0 Å². The molecule has 0 radical (unpaired) electrons. The average Bonchev–Trinajstić information content (AvgIpc) is 2.49. The molecule has 0 heterocycles. The number of rotatable bonds is 6. The van der Waals surface area contributed by atoms with E-state index in [0.717, 1.165) is 19.6 Å². The van der Waals surface area contributed by atoms with Crippen LogP contribution in [0.1, 0.15) is 43.7 Å². The summed E-state index contributed by atoms with van der Waals surface area (Å²) >= 11 is 0. The summed E-state index contributed by atoms with van der Waals surface area (Å²) in [6, 6.07) is 8.73. The van der Waals surface area contributed by atoms with Gasteiger partial charge >= 0.3 is 0 Å². The minimum absolute atomic E-state index is 0.207. The molecule has 3 nitrogen and oxygen atoms in total. The fourth-order valence-corrected chi connectivity index (χ4v) is 3.11. The molecule has 0 spiro atoms. The predicted molar refractivity (Wildman–Crippen MR) is 82.9 cm³/mol. The minimum atomic E-state index is 0.207. The molecule has 1 unspecified atom stereocenters. The molecule has 20 heavy (non-hydrogen) atoms. The maximum absolute atomic E-state index is 12.0. The normalized spacial score (nSPS) is 17.6. The highest BCUT2D eigenvalue weighted by molar-refractivity contribution is 5.78. The number of nitrogens with one attached hydrogen (secondary N) is 1. The van der Waals surface area contributed by atoms with Gasteiger partial charge in [-0.25, -0.2) is 0 Å². The van der Waals surface area contributed by atoms with Crippen LogP contribution in [0.5, 0.6) is 0 Å². The van der Waals surface area contributed by atoms with E-state index in [1.54, 1.807) is 0 Å². The first-order valence-electron chi connectivity index (χ1n) is 7.82. The number of aryl methyl sites for hydroxylation is 1. The topological polar surface area (TPSA) is 32.3 Å². The van der Waals surface area contributed by atoms with Crippen molar-refractivity contribution in [3.05, 3.63) is 35.4 Å². The molecular formula is C17H26N2O. The average molecular weight is 274 g/mol. The molecule has 1 atom stereocenters. The standard InChI is InChI=1S/C17H26N2O/c1-3-19(4-2)17(20)13-18-12-15-10-7-9-14-8-5-6-11-16(14)15/h5-6,8,11,15,18H,3-4,7,9-10,12-13H2,1-2H3. The Balaban J connectivity index is 1.85. The molecule has 0 aromatic heterocycles. The number of fused-ring (bicyclic) bond motifs is 1. The molecule has 1 amide bonds. The largest absolute Gasteiger partial charge is 0.342 e. The molecule has 1 aromatic carbocycles. The Morgan fingerprint density at radius 3 is 2.80 bits per heavy atom. The Morgan fingerprint density at radius 2 is 2.05 bits per heavy atom. The van der Waals surface area contributed by atoms with Crippen molar-refractivity contribution in [1.29, 1.82) is 0 Å². The first kappa shape index (κ1) is 15.0. The molecule has 0 fully saturated rings. The van der Waals surface area contributed by atoms with Crippen LogP contribution in [0.25, 0.3) is 0 Å². The summed E-state index contributed by atoms with van der Waals surface area (Å²) in [5, 5.41) is 3.35. The van der Waals surface area contributed by atoms with Crippen molar-refractivity contribution >= 4 is 5.91 Å². The molecule has 0 aliphatic heterocycles. The minimum Gasteiger partial charge on any atom is -0.342 e. The van der Waals surface area contributed by atoms with Crippen LogP contribution in [0.4, 0.5) is 0 Å². The van der Waals surface area contributed by atoms with Crippen molar-refractivity contribution < 1.29 is 4.79 Å². The number of amides is 1. The zero-order chi connectivity index (χ0) is 14.4. The van der Waals surface area contributed by atoms with Crippen LogP contribution in [-0.2, 0) is 11.2 Å². The van der Waals surface area contributed by atoms with E-state index in [9.17, 15) is 4.79 Å². The molecule has 0 bridgehead atoms. The molecule has 0 saturated carbocycles. The molecule has 1 N–H and O–H groups in total. The van der Waals surface area contributed by atoms with Crippen molar-refractivity contribution in [3.63, 3.8) is 0 Å². The zero-order valence-corrected chi connectivity index (χ0v) is 12.7. The number of benzene rings is 1. The van der Waals surface area contributed by atoms with E-state index in [2.05, 4.69) is 29.6 Å². The van der Waals surface area contributed by atoms with E-state index >= 15 is 0 Å². The zero-order valence-electron chi connectivity index (χ0n) is 12.7. The Kier molecular flexibility index (Phi) is 5.60. The van der Waals surface area contributed by atoms with Crippen LogP contribution in [0, 0.1) is 0 Å². The summed E-state index contributed by atoms with van der Waals surface area (Å²) in [4.78, 5) is 13.8. The summed E-state index contributed by atoms with van der Waals surface area (Å²) < 4.78 is 0. The summed E-state index contributed by atoms with van der Waals surface area (Å²) in [5.41, 5.74) is 2.96. The van der Waals surface area contributed by atoms with E-state index in [1.165, 1.54) is 30.4 Å². The highest BCUT2D eigenvalue weighted by Gasteiger charge is 2.19. The van der Waals surface area contributed by atoms with E-state index in [-0.39, 0.29) is 5.91 Å². The lowest BCUT2D eigenvalue weighted by atomic mass is 9.83. The van der Waals surface area contributed by atoms with Gasteiger partial charge in [0.05, 0.1) is 6.54 Å². The lowest BCUT2D eigenvalue weighted by Crippen LogP contribution is -2.39. The Hall–Kier alpha value is -1.35. The van der Waals surface area contributed by atoms with Crippen molar-refractivity contribution in [2.75, 3.05) is 26.2 Å². The Morgan fingerprint density at radius 1 is 1.30 bits per heavy atom. The van der Waals surface area contributed by atoms with Gasteiger partial charge in [0.15, 0.2) is 0 Å². The van der Waals surface area contributed by atoms with Crippen molar-refractivity contribution in [3.8, 4) is 0 Å². The van der Waals surface area contributed by atoms with Crippen LogP contribution in [0.15, 0.2) is 24.3 Å². The SMILES string of the molecule is CCN(CC)C(=O)CNCC1CCCc2ccccc21. The molecule has 3 heteroatoms. The number of likely N-dealkylation sites (N-methyl/N-ethyl adjacent to an activating group) is 1. The summed E-state index contributed by atoms with van der Waals surface area (Å²) in [7, 11) is 0. The third-order valence-corrected chi connectivity index (χ3v) is 4.28. The predicted octanol–water partition coefficient (Wildman–Crippen LogP) is 2.56. The smallest absolute Gasteiger partial charge is 0.236 e.